The number of hydrogen-bond donors (Lipinski definition) is 2. The molecule has 2 aliphatic rings. The third kappa shape index (κ3) is 5.10. The summed E-state index contributed by atoms with van der Waals surface area (Å²) in [6.07, 6.45) is 14.8. The van der Waals surface area contributed by atoms with Crippen molar-refractivity contribution in [2.75, 3.05) is 0 Å². The maximum Gasteiger partial charge on any atom is 0.0370 e. The summed E-state index contributed by atoms with van der Waals surface area (Å²) in [5.41, 5.74) is 17.0. The smallest absolute Gasteiger partial charge is 0.0370 e. The van der Waals surface area contributed by atoms with Crippen LogP contribution >= 0.6 is 0 Å². The summed E-state index contributed by atoms with van der Waals surface area (Å²) in [4.78, 5) is 0. The summed E-state index contributed by atoms with van der Waals surface area (Å²) in [5, 5.41) is 0. The molecule has 0 bridgehead atoms. The molecule has 2 aliphatic carbocycles. The van der Waals surface area contributed by atoms with Crippen LogP contribution in [0.5, 0.6) is 0 Å². The predicted octanol–water partition coefficient (Wildman–Crippen LogP) is 6.51. The van der Waals surface area contributed by atoms with Crippen molar-refractivity contribution in [2.24, 2.45) is 29.2 Å². The second-order valence-electron chi connectivity index (χ2n) is 9.18. The van der Waals surface area contributed by atoms with Crippen LogP contribution in [0.1, 0.15) is 82.3 Å². The molecule has 0 atom stereocenters. The van der Waals surface area contributed by atoms with E-state index in [1.165, 1.54) is 62.5 Å². The zero-order valence-corrected chi connectivity index (χ0v) is 17.8. The number of rotatable bonds is 5. The third-order valence-electron chi connectivity index (χ3n) is 7.31. The van der Waals surface area contributed by atoms with Crippen molar-refractivity contribution in [3.63, 3.8) is 0 Å². The summed E-state index contributed by atoms with van der Waals surface area (Å²) < 4.78 is 0. The van der Waals surface area contributed by atoms with Crippen molar-refractivity contribution in [1.82, 2.24) is 0 Å². The lowest BCUT2D eigenvalue weighted by Gasteiger charge is -2.37. The zero-order chi connectivity index (χ0) is 20.1. The Morgan fingerprint density at radius 1 is 0.893 bits per heavy atom. The van der Waals surface area contributed by atoms with Gasteiger partial charge in [-0.2, -0.15) is 0 Å². The Labute approximate surface area is 171 Å². The van der Waals surface area contributed by atoms with Crippen LogP contribution in [-0.2, 0) is 0 Å². The topological polar surface area (TPSA) is 52.0 Å². The van der Waals surface area contributed by atoms with Gasteiger partial charge in [0.15, 0.2) is 0 Å². The second-order valence-corrected chi connectivity index (χ2v) is 9.18. The standard InChI is InChI=1S/C26H38N2/c1-4-25(27)17-26(28)19(3)20-9-11-22(12-10-20)24-15-13-23(14-16-24)21-7-5-18(2)6-8-21/h4,9-12,17-18,21,23-24H,1,5-8,13-16,27-28H2,2-3H3/b25-17+,26-19-. The maximum absolute atomic E-state index is 6.18. The molecule has 1 aromatic rings. The van der Waals surface area contributed by atoms with Gasteiger partial charge in [0.05, 0.1) is 0 Å². The van der Waals surface area contributed by atoms with Crippen LogP contribution in [0.25, 0.3) is 5.57 Å². The van der Waals surface area contributed by atoms with Gasteiger partial charge in [0, 0.05) is 11.4 Å². The molecule has 2 heteroatoms. The van der Waals surface area contributed by atoms with Crippen LogP contribution in [0.15, 0.2) is 54.4 Å². The van der Waals surface area contributed by atoms with Gasteiger partial charge in [-0.1, -0.05) is 50.6 Å². The highest BCUT2D eigenvalue weighted by Gasteiger charge is 2.30. The fraction of sp³-hybridized carbons (Fsp3) is 0.538. The molecule has 0 spiro atoms. The van der Waals surface area contributed by atoms with E-state index in [9.17, 15) is 0 Å². The highest BCUT2D eigenvalue weighted by Crippen LogP contribution is 2.43. The van der Waals surface area contributed by atoms with Gasteiger partial charge in [0.25, 0.3) is 0 Å². The second kappa shape index (κ2) is 9.49. The van der Waals surface area contributed by atoms with Crippen molar-refractivity contribution in [2.45, 2.75) is 71.1 Å². The number of hydrogen-bond acceptors (Lipinski definition) is 2. The van der Waals surface area contributed by atoms with Gasteiger partial charge in [0.2, 0.25) is 0 Å². The number of benzene rings is 1. The fourth-order valence-corrected chi connectivity index (χ4v) is 5.20. The van der Waals surface area contributed by atoms with E-state index in [0.717, 1.165) is 29.2 Å². The molecule has 4 N–H and O–H groups in total. The Hall–Kier alpha value is -1.96. The van der Waals surface area contributed by atoms with Crippen molar-refractivity contribution >= 4 is 5.57 Å². The van der Waals surface area contributed by atoms with E-state index in [1.807, 2.05) is 6.92 Å². The lowest BCUT2D eigenvalue weighted by molar-refractivity contribution is 0.165. The molecule has 0 heterocycles. The normalized spacial score (nSPS) is 29.9. The quantitative estimate of drug-likeness (QED) is 0.574. The zero-order valence-electron chi connectivity index (χ0n) is 17.8. The van der Waals surface area contributed by atoms with E-state index in [-0.39, 0.29) is 0 Å². The van der Waals surface area contributed by atoms with E-state index in [4.69, 9.17) is 11.5 Å². The van der Waals surface area contributed by atoms with Crippen molar-refractivity contribution in [1.29, 1.82) is 0 Å². The van der Waals surface area contributed by atoms with Crippen molar-refractivity contribution in [3.8, 4) is 0 Å². The van der Waals surface area contributed by atoms with Gasteiger partial charge < -0.3 is 11.5 Å². The van der Waals surface area contributed by atoms with Gasteiger partial charge >= 0.3 is 0 Å². The number of allylic oxidation sites excluding steroid dienone is 3. The molecule has 0 saturated heterocycles. The van der Waals surface area contributed by atoms with Gasteiger partial charge in [-0.05, 0) is 98.0 Å². The molecule has 0 aromatic heterocycles. The van der Waals surface area contributed by atoms with Gasteiger partial charge in [0.1, 0.15) is 0 Å². The third-order valence-corrected chi connectivity index (χ3v) is 7.31. The largest absolute Gasteiger partial charge is 0.399 e. The Bertz CT molecular complexity index is 709. The average Bonchev–Trinajstić information content (AvgIpc) is 2.74. The SMILES string of the molecule is C=C/C(N)=C\C(N)=C(/C)c1ccc(C2CCC(C3CCC(C)CC3)CC2)cc1. The molecular weight excluding hydrogens is 340 g/mol. The fourth-order valence-electron chi connectivity index (χ4n) is 5.20. The van der Waals surface area contributed by atoms with E-state index < -0.39 is 0 Å². The van der Waals surface area contributed by atoms with Crippen LogP contribution in [0.4, 0.5) is 0 Å². The van der Waals surface area contributed by atoms with Gasteiger partial charge in [-0.15, -0.1) is 0 Å². The summed E-state index contributed by atoms with van der Waals surface area (Å²) in [5.74, 6) is 3.67. The molecule has 0 radical (unpaired) electrons. The van der Waals surface area contributed by atoms with Crippen LogP contribution in [0.2, 0.25) is 0 Å². The summed E-state index contributed by atoms with van der Waals surface area (Å²) in [6, 6.07) is 9.04. The van der Waals surface area contributed by atoms with E-state index in [1.54, 1.807) is 12.2 Å². The lowest BCUT2D eigenvalue weighted by atomic mass is 9.68. The Kier molecular flexibility index (Phi) is 7.04. The monoisotopic (exact) mass is 378 g/mol. The molecule has 1 aromatic carbocycles. The molecular formula is C26H38N2. The minimum Gasteiger partial charge on any atom is -0.399 e. The highest BCUT2D eigenvalue weighted by atomic mass is 14.6. The molecule has 152 valence electrons. The Morgan fingerprint density at radius 3 is 1.96 bits per heavy atom. The Morgan fingerprint density at radius 2 is 1.43 bits per heavy atom. The summed E-state index contributed by atoms with van der Waals surface area (Å²) in [7, 11) is 0. The molecule has 2 nitrogen and oxygen atoms in total. The minimum atomic E-state index is 0.595. The predicted molar refractivity (Wildman–Crippen MR) is 122 cm³/mol. The first-order chi connectivity index (χ1) is 13.5. The first kappa shape index (κ1) is 20.8. The van der Waals surface area contributed by atoms with Gasteiger partial charge in [-0.3, -0.25) is 0 Å². The van der Waals surface area contributed by atoms with Crippen LogP contribution in [-0.4, -0.2) is 0 Å². The molecule has 0 aliphatic heterocycles. The van der Waals surface area contributed by atoms with Crippen molar-refractivity contribution < 1.29 is 0 Å². The van der Waals surface area contributed by atoms with Crippen LogP contribution < -0.4 is 11.5 Å². The van der Waals surface area contributed by atoms with Crippen LogP contribution in [0, 0.1) is 17.8 Å². The maximum atomic E-state index is 6.18. The molecule has 2 saturated carbocycles. The molecule has 3 rings (SSSR count). The molecule has 0 unspecified atom stereocenters. The molecule has 0 amide bonds. The lowest BCUT2D eigenvalue weighted by Crippen LogP contribution is -2.24. The van der Waals surface area contributed by atoms with Gasteiger partial charge in [-0.25, -0.2) is 0 Å². The van der Waals surface area contributed by atoms with E-state index >= 15 is 0 Å². The van der Waals surface area contributed by atoms with E-state index in [0.29, 0.717) is 11.4 Å². The van der Waals surface area contributed by atoms with Crippen molar-refractivity contribution in [3.05, 3.63) is 65.5 Å². The average molecular weight is 379 g/mol. The summed E-state index contributed by atoms with van der Waals surface area (Å²) >= 11 is 0. The minimum absolute atomic E-state index is 0.595. The number of nitrogens with two attached hydrogens (primary N) is 2. The molecule has 28 heavy (non-hydrogen) atoms. The highest BCUT2D eigenvalue weighted by molar-refractivity contribution is 5.69. The Balaban J connectivity index is 1.59. The summed E-state index contributed by atoms with van der Waals surface area (Å²) in [6.45, 7) is 8.15. The van der Waals surface area contributed by atoms with Crippen LogP contribution in [0.3, 0.4) is 0 Å². The first-order valence-corrected chi connectivity index (χ1v) is 11.1. The van der Waals surface area contributed by atoms with E-state index in [2.05, 4.69) is 37.8 Å². The molecule has 2 fully saturated rings. The first-order valence-electron chi connectivity index (χ1n) is 11.1.